The third-order valence-corrected chi connectivity index (χ3v) is 2.37. The molecule has 0 spiro atoms. The lowest BCUT2D eigenvalue weighted by molar-refractivity contribution is 0.0536. The summed E-state index contributed by atoms with van der Waals surface area (Å²) in [5.74, 6) is 0.529. The Morgan fingerprint density at radius 2 is 2.05 bits per heavy atom. The first kappa shape index (κ1) is 13.1. The number of aryl methyl sites for hydroxylation is 1. The van der Waals surface area contributed by atoms with Crippen LogP contribution in [0, 0.1) is 0 Å². The fourth-order valence-corrected chi connectivity index (χ4v) is 1.48. The molecule has 0 fully saturated rings. The lowest BCUT2D eigenvalue weighted by Gasteiger charge is -2.18. The molecule has 2 heterocycles. The summed E-state index contributed by atoms with van der Waals surface area (Å²) >= 11 is 0. The molecule has 2 aromatic heterocycles. The van der Waals surface area contributed by atoms with Crippen molar-refractivity contribution in [2.75, 3.05) is 5.73 Å². The molecular weight excluding hydrogens is 246 g/mol. The van der Waals surface area contributed by atoms with Crippen molar-refractivity contribution < 1.29 is 9.53 Å². The summed E-state index contributed by atoms with van der Waals surface area (Å²) in [4.78, 5) is 16.0. The molecule has 0 saturated heterocycles. The van der Waals surface area contributed by atoms with Gasteiger partial charge in [-0.05, 0) is 20.8 Å². The zero-order chi connectivity index (χ0) is 14.2. The smallest absolute Gasteiger partial charge is 0.419 e. The maximum Gasteiger partial charge on any atom is 0.419 e. The van der Waals surface area contributed by atoms with Crippen LogP contribution < -0.4 is 5.73 Å². The fraction of sp³-hybridized carbons (Fsp3) is 0.417. The number of rotatable bonds is 1. The number of nitrogen functional groups attached to an aromatic ring is 1. The minimum atomic E-state index is -0.545. The Morgan fingerprint density at radius 3 is 2.58 bits per heavy atom. The molecule has 0 amide bonds. The number of hydrogen-bond donors (Lipinski definition) is 1. The average molecular weight is 263 g/mol. The van der Waals surface area contributed by atoms with Gasteiger partial charge in [-0.2, -0.15) is 5.10 Å². The lowest BCUT2D eigenvalue weighted by Crippen LogP contribution is -2.26. The zero-order valence-electron chi connectivity index (χ0n) is 11.4. The Labute approximate surface area is 111 Å². The van der Waals surface area contributed by atoms with Crippen LogP contribution in [0.2, 0.25) is 0 Å². The van der Waals surface area contributed by atoms with Crippen LogP contribution >= 0.6 is 0 Å². The monoisotopic (exact) mass is 263 g/mol. The summed E-state index contributed by atoms with van der Waals surface area (Å²) in [7, 11) is 1.74. The SMILES string of the molecule is Cn1nc(-c2cn(C(=O)OC(C)(C)C)cn2)cc1N. The van der Waals surface area contributed by atoms with Crippen molar-refractivity contribution in [3.63, 3.8) is 0 Å². The van der Waals surface area contributed by atoms with Crippen LogP contribution in [0.3, 0.4) is 0 Å². The number of carbonyl (C=O) groups excluding carboxylic acids is 1. The molecule has 102 valence electrons. The van der Waals surface area contributed by atoms with Gasteiger partial charge in [0.25, 0.3) is 0 Å². The van der Waals surface area contributed by atoms with E-state index in [0.29, 0.717) is 17.2 Å². The predicted molar refractivity (Wildman–Crippen MR) is 70.5 cm³/mol. The first-order chi connectivity index (χ1) is 8.76. The second-order valence-electron chi connectivity index (χ2n) is 5.22. The van der Waals surface area contributed by atoms with Gasteiger partial charge in [0.2, 0.25) is 0 Å². The van der Waals surface area contributed by atoms with Crippen LogP contribution in [0.1, 0.15) is 20.8 Å². The minimum absolute atomic E-state index is 0.477. The van der Waals surface area contributed by atoms with Crippen molar-refractivity contribution in [3.05, 3.63) is 18.6 Å². The Bertz CT molecular complexity index is 586. The molecule has 0 unspecified atom stereocenters. The summed E-state index contributed by atoms with van der Waals surface area (Å²) in [6, 6.07) is 1.70. The number of imidazole rings is 1. The number of nitrogens with zero attached hydrogens (tertiary/aromatic N) is 4. The second-order valence-corrected chi connectivity index (χ2v) is 5.22. The van der Waals surface area contributed by atoms with Gasteiger partial charge in [0.05, 0.1) is 0 Å². The van der Waals surface area contributed by atoms with E-state index in [0.717, 1.165) is 0 Å². The molecule has 0 aromatic carbocycles. The quantitative estimate of drug-likeness (QED) is 0.845. The standard InChI is InChI=1S/C12H17N5O2/c1-12(2,3)19-11(18)17-6-9(14-7-17)8-5-10(13)16(4)15-8/h5-7H,13H2,1-4H3. The van der Waals surface area contributed by atoms with Gasteiger partial charge in [-0.1, -0.05) is 0 Å². The average Bonchev–Trinajstić information content (AvgIpc) is 2.84. The normalized spacial score (nSPS) is 11.6. The number of nitrogens with two attached hydrogens (primary N) is 1. The molecule has 0 aliphatic heterocycles. The highest BCUT2D eigenvalue weighted by molar-refractivity contribution is 5.72. The molecule has 7 nitrogen and oxygen atoms in total. The highest BCUT2D eigenvalue weighted by Crippen LogP contribution is 2.18. The van der Waals surface area contributed by atoms with E-state index in [2.05, 4.69) is 10.1 Å². The highest BCUT2D eigenvalue weighted by atomic mass is 16.6. The third-order valence-electron chi connectivity index (χ3n) is 2.37. The molecular formula is C12H17N5O2. The second kappa shape index (κ2) is 4.42. The molecule has 0 aliphatic rings. The van der Waals surface area contributed by atoms with Gasteiger partial charge in [0.1, 0.15) is 29.1 Å². The van der Waals surface area contributed by atoms with Crippen LogP contribution in [0.4, 0.5) is 10.6 Å². The lowest BCUT2D eigenvalue weighted by atomic mass is 10.2. The summed E-state index contributed by atoms with van der Waals surface area (Å²) in [5, 5.41) is 4.19. The Balaban J connectivity index is 2.22. The van der Waals surface area contributed by atoms with Crippen LogP contribution in [0.15, 0.2) is 18.6 Å². The number of aromatic nitrogens is 4. The van der Waals surface area contributed by atoms with Crippen molar-refractivity contribution in [2.45, 2.75) is 26.4 Å². The van der Waals surface area contributed by atoms with Crippen molar-refractivity contribution in [1.82, 2.24) is 19.3 Å². The highest BCUT2D eigenvalue weighted by Gasteiger charge is 2.18. The van der Waals surface area contributed by atoms with E-state index in [1.165, 1.54) is 10.9 Å². The molecule has 0 bridgehead atoms. The first-order valence-electron chi connectivity index (χ1n) is 5.83. The third kappa shape index (κ3) is 2.93. The maximum absolute atomic E-state index is 11.8. The Hall–Kier alpha value is -2.31. The van der Waals surface area contributed by atoms with Gasteiger partial charge < -0.3 is 10.5 Å². The minimum Gasteiger partial charge on any atom is -0.443 e. The summed E-state index contributed by atoms with van der Waals surface area (Å²) in [6.45, 7) is 5.42. The van der Waals surface area contributed by atoms with E-state index in [9.17, 15) is 4.79 Å². The number of carbonyl (C=O) groups is 1. The van der Waals surface area contributed by atoms with Gasteiger partial charge in [-0.15, -0.1) is 0 Å². The Morgan fingerprint density at radius 1 is 1.37 bits per heavy atom. The topological polar surface area (TPSA) is 88.0 Å². The summed E-state index contributed by atoms with van der Waals surface area (Å²) < 4.78 is 8.06. The molecule has 0 saturated carbocycles. The van der Waals surface area contributed by atoms with Gasteiger partial charge in [-0.3, -0.25) is 4.68 Å². The number of hydrogen-bond acceptors (Lipinski definition) is 5. The molecule has 2 aromatic rings. The molecule has 7 heteroatoms. The van der Waals surface area contributed by atoms with Gasteiger partial charge in [0.15, 0.2) is 0 Å². The van der Waals surface area contributed by atoms with Crippen LogP contribution in [-0.4, -0.2) is 31.0 Å². The summed E-state index contributed by atoms with van der Waals surface area (Å²) in [6.07, 6.45) is 2.49. The molecule has 2 rings (SSSR count). The Kier molecular flexibility index (Phi) is 3.05. The van der Waals surface area contributed by atoms with Crippen molar-refractivity contribution in [2.24, 2.45) is 7.05 Å². The largest absolute Gasteiger partial charge is 0.443 e. The molecule has 0 atom stereocenters. The molecule has 2 N–H and O–H groups in total. The first-order valence-corrected chi connectivity index (χ1v) is 5.83. The van der Waals surface area contributed by atoms with Crippen molar-refractivity contribution in [3.8, 4) is 11.4 Å². The number of anilines is 1. The van der Waals surface area contributed by atoms with E-state index in [1.54, 1.807) is 24.0 Å². The van der Waals surface area contributed by atoms with E-state index in [1.807, 2.05) is 20.8 Å². The van der Waals surface area contributed by atoms with Crippen LogP contribution in [0.5, 0.6) is 0 Å². The van der Waals surface area contributed by atoms with Gasteiger partial charge >= 0.3 is 6.09 Å². The van der Waals surface area contributed by atoms with Gasteiger partial charge in [0, 0.05) is 19.3 Å². The predicted octanol–water partition coefficient (Wildman–Crippen LogP) is 1.65. The molecule has 19 heavy (non-hydrogen) atoms. The van der Waals surface area contributed by atoms with E-state index >= 15 is 0 Å². The molecule has 0 aliphatic carbocycles. The number of ether oxygens (including phenoxy) is 1. The maximum atomic E-state index is 11.8. The van der Waals surface area contributed by atoms with Crippen molar-refractivity contribution >= 4 is 11.9 Å². The summed E-state index contributed by atoms with van der Waals surface area (Å²) in [5.41, 5.74) is 6.34. The zero-order valence-corrected chi connectivity index (χ0v) is 11.4. The van der Waals surface area contributed by atoms with E-state index in [4.69, 9.17) is 10.5 Å². The van der Waals surface area contributed by atoms with Crippen LogP contribution in [-0.2, 0) is 11.8 Å². The van der Waals surface area contributed by atoms with E-state index in [-0.39, 0.29) is 0 Å². The fourth-order valence-electron chi connectivity index (χ4n) is 1.48. The van der Waals surface area contributed by atoms with Crippen molar-refractivity contribution in [1.29, 1.82) is 0 Å². The van der Waals surface area contributed by atoms with Gasteiger partial charge in [-0.25, -0.2) is 14.3 Å². The van der Waals surface area contributed by atoms with Crippen LogP contribution in [0.25, 0.3) is 11.4 Å². The van der Waals surface area contributed by atoms with E-state index < -0.39 is 11.7 Å². The molecule has 0 radical (unpaired) electrons.